The minimum Gasteiger partial charge on any atom is -0.493 e. The fraction of sp³-hybridized carbons (Fsp3) is 0.321. The lowest BCUT2D eigenvalue weighted by atomic mass is 10.0. The molecule has 2 aliphatic rings. The van der Waals surface area contributed by atoms with Crippen LogP contribution in [0.25, 0.3) is 16.8 Å². The van der Waals surface area contributed by atoms with Gasteiger partial charge in [0.2, 0.25) is 5.95 Å². The maximum atomic E-state index is 14.6. The van der Waals surface area contributed by atoms with Gasteiger partial charge in [-0.2, -0.15) is 5.26 Å². The summed E-state index contributed by atoms with van der Waals surface area (Å²) in [5, 5.41) is 12.7. The highest BCUT2D eigenvalue weighted by Crippen LogP contribution is 2.31. The number of fused-ring (bicyclic) bond motifs is 2. The molecule has 1 atom stereocenters. The van der Waals surface area contributed by atoms with E-state index in [0.717, 1.165) is 48.5 Å². The lowest BCUT2D eigenvalue weighted by Crippen LogP contribution is -2.22. The zero-order valence-electron chi connectivity index (χ0n) is 20.6. The van der Waals surface area contributed by atoms with Crippen molar-refractivity contribution < 1.29 is 13.9 Å². The van der Waals surface area contributed by atoms with Crippen LogP contribution in [-0.4, -0.2) is 52.2 Å². The summed E-state index contributed by atoms with van der Waals surface area (Å²) in [6, 6.07) is 13.6. The number of benzene rings is 2. The Kier molecular flexibility index (Phi) is 6.20. The van der Waals surface area contributed by atoms with Crippen LogP contribution in [0.5, 0.6) is 5.75 Å². The molecule has 0 radical (unpaired) electrons. The maximum absolute atomic E-state index is 14.6. The number of hydrogen-bond donors (Lipinski definition) is 1. The molecule has 0 aliphatic carbocycles. The van der Waals surface area contributed by atoms with Crippen molar-refractivity contribution >= 4 is 11.6 Å². The van der Waals surface area contributed by atoms with Gasteiger partial charge < -0.3 is 14.8 Å². The molecule has 188 valence electrons. The van der Waals surface area contributed by atoms with E-state index in [0.29, 0.717) is 36.3 Å². The third-order valence-corrected chi connectivity index (χ3v) is 7.20. The highest BCUT2D eigenvalue weighted by atomic mass is 19.1. The largest absolute Gasteiger partial charge is 0.493 e. The first-order valence-corrected chi connectivity index (χ1v) is 12.4. The first kappa shape index (κ1) is 23.4. The molecule has 1 N–H and O–H groups in total. The molecule has 4 aromatic rings. The molecule has 0 saturated carbocycles. The molecular weight excluding hydrogens is 471 g/mol. The zero-order valence-corrected chi connectivity index (χ0v) is 20.6. The molecule has 4 heterocycles. The molecule has 0 amide bonds. The summed E-state index contributed by atoms with van der Waals surface area (Å²) in [6.45, 7) is 3.66. The topological polar surface area (TPSA) is 87.7 Å². The van der Waals surface area contributed by atoms with Crippen LogP contribution < -0.4 is 10.1 Å². The maximum Gasteiger partial charge on any atom is 0.208 e. The Hall–Kier alpha value is -4.00. The van der Waals surface area contributed by atoms with Crippen molar-refractivity contribution in [2.24, 2.45) is 0 Å². The highest BCUT2D eigenvalue weighted by Gasteiger charge is 2.22. The van der Waals surface area contributed by atoms with Gasteiger partial charge in [-0.1, -0.05) is 24.3 Å². The third-order valence-electron chi connectivity index (χ3n) is 7.20. The van der Waals surface area contributed by atoms with Crippen LogP contribution in [0, 0.1) is 17.1 Å². The molecule has 2 aliphatic heterocycles. The van der Waals surface area contributed by atoms with Gasteiger partial charge in [0.15, 0.2) is 11.3 Å². The lowest BCUT2D eigenvalue weighted by Gasteiger charge is -2.16. The molecule has 0 spiro atoms. The van der Waals surface area contributed by atoms with Crippen LogP contribution in [0.1, 0.15) is 28.8 Å². The third kappa shape index (κ3) is 4.50. The van der Waals surface area contributed by atoms with Gasteiger partial charge in [-0.05, 0) is 29.7 Å². The van der Waals surface area contributed by atoms with E-state index in [2.05, 4.69) is 50.5 Å². The Morgan fingerprint density at radius 1 is 1.24 bits per heavy atom. The molecule has 1 unspecified atom stereocenters. The number of aromatic nitrogens is 3. The normalized spacial score (nSPS) is 17.1. The van der Waals surface area contributed by atoms with Gasteiger partial charge in [-0.25, -0.2) is 14.4 Å². The van der Waals surface area contributed by atoms with Crippen molar-refractivity contribution in [3.63, 3.8) is 0 Å². The molecule has 8 nitrogen and oxygen atoms in total. The molecule has 2 aromatic carbocycles. The van der Waals surface area contributed by atoms with Gasteiger partial charge in [-0.3, -0.25) is 9.30 Å². The molecule has 9 heteroatoms. The van der Waals surface area contributed by atoms with Gasteiger partial charge in [0.1, 0.15) is 17.6 Å². The van der Waals surface area contributed by atoms with E-state index in [1.807, 2.05) is 0 Å². The minimum atomic E-state index is -0.278. The molecule has 37 heavy (non-hydrogen) atoms. The van der Waals surface area contributed by atoms with Crippen LogP contribution in [-0.2, 0) is 24.2 Å². The monoisotopic (exact) mass is 498 g/mol. The summed E-state index contributed by atoms with van der Waals surface area (Å²) in [5.74, 6) is 0.939. The number of halogens is 1. The fourth-order valence-corrected chi connectivity index (χ4v) is 5.22. The Balaban J connectivity index is 1.26. The van der Waals surface area contributed by atoms with E-state index in [9.17, 15) is 9.65 Å². The summed E-state index contributed by atoms with van der Waals surface area (Å²) >= 11 is 0. The first-order valence-electron chi connectivity index (χ1n) is 12.4. The summed E-state index contributed by atoms with van der Waals surface area (Å²) in [4.78, 5) is 11.5. The van der Waals surface area contributed by atoms with Crippen LogP contribution >= 0.6 is 0 Å². The fourth-order valence-electron chi connectivity index (χ4n) is 5.22. The van der Waals surface area contributed by atoms with Crippen LogP contribution in [0.3, 0.4) is 0 Å². The van der Waals surface area contributed by atoms with Gasteiger partial charge >= 0.3 is 0 Å². The number of rotatable bonds is 7. The first-order chi connectivity index (χ1) is 18.1. The highest BCUT2D eigenvalue weighted by molar-refractivity contribution is 5.78. The Morgan fingerprint density at radius 2 is 2.11 bits per heavy atom. The second kappa shape index (κ2) is 9.81. The summed E-state index contributed by atoms with van der Waals surface area (Å²) in [7, 11) is 1.77. The molecular formula is C28H27FN6O2. The number of anilines is 1. The molecule has 1 saturated heterocycles. The minimum absolute atomic E-state index is 0.245. The smallest absolute Gasteiger partial charge is 0.208 e. The van der Waals surface area contributed by atoms with Crippen LogP contribution in [0.2, 0.25) is 0 Å². The predicted molar refractivity (Wildman–Crippen MR) is 137 cm³/mol. The number of ether oxygens (including phenoxy) is 2. The number of methoxy groups -OCH3 is 1. The van der Waals surface area contributed by atoms with Crippen molar-refractivity contribution in [1.29, 1.82) is 5.26 Å². The number of nitrogens with zero attached hydrogens (tertiary/aromatic N) is 5. The van der Waals surface area contributed by atoms with Gasteiger partial charge in [0.05, 0.1) is 18.9 Å². The van der Waals surface area contributed by atoms with Crippen molar-refractivity contribution in [2.75, 3.05) is 32.1 Å². The average Bonchev–Trinajstić information content (AvgIpc) is 3.68. The second-order valence-corrected chi connectivity index (χ2v) is 9.46. The van der Waals surface area contributed by atoms with Crippen LogP contribution in [0.4, 0.5) is 10.3 Å². The summed E-state index contributed by atoms with van der Waals surface area (Å²) in [5.41, 5.74) is 5.37. The van der Waals surface area contributed by atoms with Crippen LogP contribution in [0.15, 0.2) is 48.8 Å². The van der Waals surface area contributed by atoms with Crippen molar-refractivity contribution in [3.05, 3.63) is 77.0 Å². The van der Waals surface area contributed by atoms with Gasteiger partial charge in [-0.15, -0.1) is 0 Å². The molecule has 6 rings (SSSR count). The van der Waals surface area contributed by atoms with Gasteiger partial charge in [0, 0.05) is 62.6 Å². The van der Waals surface area contributed by atoms with E-state index >= 15 is 0 Å². The number of hydrogen-bond acceptors (Lipinski definition) is 7. The zero-order chi connectivity index (χ0) is 25.4. The molecule has 0 bridgehead atoms. The van der Waals surface area contributed by atoms with Crippen molar-refractivity contribution in [3.8, 4) is 22.9 Å². The van der Waals surface area contributed by atoms with E-state index in [1.165, 1.54) is 11.6 Å². The van der Waals surface area contributed by atoms with E-state index in [1.54, 1.807) is 30.0 Å². The Labute approximate surface area is 214 Å². The SMILES string of the molecule is COC1CCN(Cc2ccc(-c3cnc(NCc4c(F)ccc5c4CCO5)n4cc(C#N)nc34)cc2)C1. The average molecular weight is 499 g/mol. The molecule has 1 fully saturated rings. The van der Waals surface area contributed by atoms with E-state index < -0.39 is 0 Å². The Bertz CT molecular complexity index is 1490. The number of imidazole rings is 1. The lowest BCUT2D eigenvalue weighted by molar-refractivity contribution is 0.107. The standard InChI is InChI=1S/C28H27FN6O2/c1-36-21-8-10-34(17-21)15-18-2-4-19(5-3-18)23-13-31-28(35-16-20(12-30)33-27(23)35)32-14-24-22-9-11-37-26(22)7-6-25(24)29/h2-7,13,16,21H,8-11,14-15,17H2,1H3,(H,31,32). The quantitative estimate of drug-likeness (QED) is 0.409. The second-order valence-electron chi connectivity index (χ2n) is 9.46. The van der Waals surface area contributed by atoms with E-state index in [4.69, 9.17) is 9.47 Å². The number of likely N-dealkylation sites (tertiary alicyclic amines) is 1. The van der Waals surface area contributed by atoms with Crippen molar-refractivity contribution in [1.82, 2.24) is 19.3 Å². The summed E-state index contributed by atoms with van der Waals surface area (Å²) < 4.78 is 27.4. The number of nitriles is 1. The molecule has 2 aromatic heterocycles. The number of nitrogens with one attached hydrogen (secondary N) is 1. The van der Waals surface area contributed by atoms with E-state index in [-0.39, 0.29) is 18.1 Å². The van der Waals surface area contributed by atoms with Crippen molar-refractivity contribution in [2.45, 2.75) is 32.0 Å². The summed E-state index contributed by atoms with van der Waals surface area (Å²) in [6.07, 6.45) is 5.45. The predicted octanol–water partition coefficient (Wildman–Crippen LogP) is 4.17. The van der Waals surface area contributed by atoms with Gasteiger partial charge in [0.25, 0.3) is 0 Å². The Morgan fingerprint density at radius 3 is 2.89 bits per heavy atom.